The zero-order valence-electron chi connectivity index (χ0n) is 17.9. The Morgan fingerprint density at radius 2 is 1.77 bits per heavy atom. The second-order valence-corrected chi connectivity index (χ2v) is 7.58. The van der Waals surface area contributed by atoms with Crippen LogP contribution >= 0.6 is 0 Å². The normalized spacial score (nSPS) is 14.9. The van der Waals surface area contributed by atoms with Crippen molar-refractivity contribution in [2.24, 2.45) is 0 Å². The molecule has 30 heavy (non-hydrogen) atoms. The van der Waals surface area contributed by atoms with Crippen molar-refractivity contribution in [2.75, 3.05) is 52.2 Å². The summed E-state index contributed by atoms with van der Waals surface area (Å²) in [6.45, 7) is 6.74. The second kappa shape index (κ2) is 10.2. The van der Waals surface area contributed by atoms with E-state index in [1.807, 2.05) is 6.07 Å². The van der Waals surface area contributed by atoms with Crippen molar-refractivity contribution in [3.8, 4) is 5.75 Å². The number of rotatable bonds is 7. The van der Waals surface area contributed by atoms with Crippen molar-refractivity contribution >= 4 is 17.5 Å². The number of nitrogens with one attached hydrogen (secondary N) is 2. The van der Waals surface area contributed by atoms with Crippen LogP contribution in [0.3, 0.4) is 0 Å². The molecule has 2 aromatic carbocycles. The fourth-order valence-electron chi connectivity index (χ4n) is 3.66. The maximum atomic E-state index is 12.4. The van der Waals surface area contributed by atoms with Crippen LogP contribution in [0.2, 0.25) is 0 Å². The number of carbonyl (C=O) groups is 2. The number of benzene rings is 2. The molecular weight excluding hydrogens is 380 g/mol. The third-order valence-electron chi connectivity index (χ3n) is 5.30. The maximum absolute atomic E-state index is 12.4. The molecule has 0 saturated carbocycles. The lowest BCUT2D eigenvalue weighted by Gasteiger charge is -2.34. The number of hydrogen-bond acceptors (Lipinski definition) is 5. The largest absolute Gasteiger partial charge is 0.496 e. The predicted octanol–water partition coefficient (Wildman–Crippen LogP) is 2.12. The molecule has 7 heteroatoms. The highest BCUT2D eigenvalue weighted by molar-refractivity contribution is 5.97. The van der Waals surface area contributed by atoms with Gasteiger partial charge in [-0.2, -0.15) is 0 Å². The molecular formula is C23H30N4O3. The predicted molar refractivity (Wildman–Crippen MR) is 118 cm³/mol. The molecule has 0 aliphatic carbocycles. The van der Waals surface area contributed by atoms with E-state index in [0.717, 1.165) is 38.5 Å². The van der Waals surface area contributed by atoms with Gasteiger partial charge in [0, 0.05) is 56.6 Å². The number of ether oxygens (including phenoxy) is 1. The standard InChI is InChI=1S/C23H30N4O3/c1-17-7-8-21(30-3)19(13-17)15-26-9-11-27(12-10-26)16-22(28)25-20-6-4-5-18(14-20)23(29)24-2/h4-8,13-14H,9-12,15-16H2,1-3H3,(H,24,29)(H,25,28). The van der Waals surface area contributed by atoms with Crippen molar-refractivity contribution in [1.29, 1.82) is 0 Å². The number of piperazine rings is 1. The molecule has 2 aromatic rings. The highest BCUT2D eigenvalue weighted by Crippen LogP contribution is 2.22. The van der Waals surface area contributed by atoms with E-state index in [9.17, 15) is 9.59 Å². The van der Waals surface area contributed by atoms with Crippen LogP contribution in [0, 0.1) is 6.92 Å². The van der Waals surface area contributed by atoms with Crippen LogP contribution in [0.5, 0.6) is 5.75 Å². The number of hydrogen-bond donors (Lipinski definition) is 2. The Balaban J connectivity index is 1.48. The van der Waals surface area contributed by atoms with E-state index < -0.39 is 0 Å². The first-order valence-electron chi connectivity index (χ1n) is 10.2. The van der Waals surface area contributed by atoms with Gasteiger partial charge in [0.15, 0.2) is 0 Å². The molecule has 0 unspecified atom stereocenters. The molecule has 1 aliphatic heterocycles. The fourth-order valence-corrected chi connectivity index (χ4v) is 3.66. The fraction of sp³-hybridized carbons (Fsp3) is 0.391. The van der Waals surface area contributed by atoms with E-state index in [-0.39, 0.29) is 11.8 Å². The van der Waals surface area contributed by atoms with E-state index in [2.05, 4.69) is 39.5 Å². The summed E-state index contributed by atoms with van der Waals surface area (Å²) in [5.41, 5.74) is 3.57. The summed E-state index contributed by atoms with van der Waals surface area (Å²) in [5, 5.41) is 5.48. The minimum Gasteiger partial charge on any atom is -0.496 e. The van der Waals surface area contributed by atoms with E-state index in [1.54, 1.807) is 38.4 Å². The highest BCUT2D eigenvalue weighted by Gasteiger charge is 2.20. The summed E-state index contributed by atoms with van der Waals surface area (Å²) in [4.78, 5) is 28.7. The molecule has 0 aromatic heterocycles. The topological polar surface area (TPSA) is 73.9 Å². The third-order valence-corrected chi connectivity index (χ3v) is 5.30. The number of methoxy groups -OCH3 is 1. The van der Waals surface area contributed by atoms with Gasteiger partial charge in [0.05, 0.1) is 13.7 Å². The van der Waals surface area contributed by atoms with E-state index in [0.29, 0.717) is 17.8 Å². The first-order valence-corrected chi connectivity index (χ1v) is 10.2. The van der Waals surface area contributed by atoms with Crippen molar-refractivity contribution in [3.63, 3.8) is 0 Å². The van der Waals surface area contributed by atoms with Crippen molar-refractivity contribution in [2.45, 2.75) is 13.5 Å². The average molecular weight is 411 g/mol. The van der Waals surface area contributed by atoms with Crippen LogP contribution in [0.4, 0.5) is 5.69 Å². The lowest BCUT2D eigenvalue weighted by molar-refractivity contribution is -0.117. The number of anilines is 1. The molecule has 1 aliphatic rings. The van der Waals surface area contributed by atoms with Crippen LogP contribution in [0.1, 0.15) is 21.5 Å². The van der Waals surface area contributed by atoms with Crippen LogP contribution in [0.15, 0.2) is 42.5 Å². The molecule has 0 bridgehead atoms. The highest BCUT2D eigenvalue weighted by atomic mass is 16.5. The summed E-state index contributed by atoms with van der Waals surface area (Å²) < 4.78 is 5.49. The van der Waals surface area contributed by atoms with Gasteiger partial charge in [-0.15, -0.1) is 0 Å². The van der Waals surface area contributed by atoms with Gasteiger partial charge in [0.2, 0.25) is 5.91 Å². The Hall–Kier alpha value is -2.90. The summed E-state index contributed by atoms with van der Waals surface area (Å²) in [6, 6.07) is 13.2. The molecule has 1 fully saturated rings. The van der Waals surface area contributed by atoms with Gasteiger partial charge in [-0.3, -0.25) is 19.4 Å². The lowest BCUT2D eigenvalue weighted by Crippen LogP contribution is -2.48. The van der Waals surface area contributed by atoms with Crippen LogP contribution in [0.25, 0.3) is 0 Å². The molecule has 2 amide bonds. The number of carbonyl (C=O) groups excluding carboxylic acids is 2. The maximum Gasteiger partial charge on any atom is 0.251 e. The Kier molecular flexibility index (Phi) is 7.43. The zero-order chi connectivity index (χ0) is 21.5. The SMILES string of the molecule is CNC(=O)c1cccc(NC(=O)CN2CCN(Cc3cc(C)ccc3OC)CC2)c1. The molecule has 0 radical (unpaired) electrons. The summed E-state index contributed by atoms with van der Waals surface area (Å²) in [5.74, 6) is 0.673. The van der Waals surface area contributed by atoms with Gasteiger partial charge in [-0.05, 0) is 31.2 Å². The minimum absolute atomic E-state index is 0.0714. The Morgan fingerprint density at radius 3 is 2.47 bits per heavy atom. The van der Waals surface area contributed by atoms with Crippen molar-refractivity contribution in [3.05, 3.63) is 59.2 Å². The zero-order valence-corrected chi connectivity index (χ0v) is 17.9. The lowest BCUT2D eigenvalue weighted by atomic mass is 10.1. The van der Waals surface area contributed by atoms with Crippen LogP contribution in [-0.4, -0.2) is 68.5 Å². The van der Waals surface area contributed by atoms with Gasteiger partial charge in [0.1, 0.15) is 5.75 Å². The minimum atomic E-state index is -0.174. The van der Waals surface area contributed by atoms with Crippen molar-refractivity contribution in [1.82, 2.24) is 15.1 Å². The van der Waals surface area contributed by atoms with Gasteiger partial charge >= 0.3 is 0 Å². The van der Waals surface area contributed by atoms with Crippen molar-refractivity contribution < 1.29 is 14.3 Å². The summed E-state index contributed by atoms with van der Waals surface area (Å²) in [6.07, 6.45) is 0. The molecule has 2 N–H and O–H groups in total. The molecule has 160 valence electrons. The van der Waals surface area contributed by atoms with E-state index in [1.165, 1.54) is 11.1 Å². The first-order chi connectivity index (χ1) is 14.5. The number of amides is 2. The molecule has 3 rings (SSSR count). The van der Waals surface area contributed by atoms with Gasteiger partial charge in [-0.1, -0.05) is 23.8 Å². The van der Waals surface area contributed by atoms with Gasteiger partial charge in [-0.25, -0.2) is 0 Å². The smallest absolute Gasteiger partial charge is 0.251 e. The Morgan fingerprint density at radius 1 is 1.03 bits per heavy atom. The molecule has 7 nitrogen and oxygen atoms in total. The molecule has 1 saturated heterocycles. The van der Waals surface area contributed by atoms with E-state index >= 15 is 0 Å². The average Bonchev–Trinajstić information content (AvgIpc) is 2.75. The first kappa shape index (κ1) is 21.8. The molecule has 1 heterocycles. The van der Waals surface area contributed by atoms with Gasteiger partial charge < -0.3 is 15.4 Å². The third kappa shape index (κ3) is 5.81. The van der Waals surface area contributed by atoms with Gasteiger partial charge in [0.25, 0.3) is 5.91 Å². The summed E-state index contributed by atoms with van der Waals surface area (Å²) >= 11 is 0. The van der Waals surface area contributed by atoms with Crippen LogP contribution < -0.4 is 15.4 Å². The summed E-state index contributed by atoms with van der Waals surface area (Å²) in [7, 11) is 3.29. The monoisotopic (exact) mass is 410 g/mol. The Labute approximate surface area is 178 Å². The molecule has 0 atom stereocenters. The quantitative estimate of drug-likeness (QED) is 0.732. The molecule has 0 spiro atoms. The number of nitrogens with zero attached hydrogens (tertiary/aromatic N) is 2. The van der Waals surface area contributed by atoms with Crippen LogP contribution in [-0.2, 0) is 11.3 Å². The Bertz CT molecular complexity index is 892. The second-order valence-electron chi connectivity index (χ2n) is 7.58. The van der Waals surface area contributed by atoms with E-state index in [4.69, 9.17) is 4.74 Å². The number of aryl methyl sites for hydroxylation is 1.